The molecule has 1 aromatic carbocycles. The number of fused-ring (bicyclic) bond motifs is 1. The average molecular weight is 490 g/mol. The molecular weight excluding hydrogens is 458 g/mol. The van der Waals surface area contributed by atoms with Gasteiger partial charge in [0.05, 0.1) is 5.92 Å². The molecule has 1 atom stereocenters. The smallest absolute Gasteiger partial charge is 0.251 e. The van der Waals surface area contributed by atoms with Gasteiger partial charge in [-0.2, -0.15) is 0 Å². The van der Waals surface area contributed by atoms with E-state index in [2.05, 4.69) is 28.3 Å². The largest absolute Gasteiger partial charge is 0.306 e. The minimum atomic E-state index is -0.326. The second-order valence-corrected chi connectivity index (χ2v) is 10.0. The minimum Gasteiger partial charge on any atom is -0.306 e. The van der Waals surface area contributed by atoms with Crippen molar-refractivity contribution < 1.29 is 9.59 Å². The molecule has 0 radical (unpaired) electrons. The second-order valence-electron chi connectivity index (χ2n) is 8.93. The molecular formula is C27H31N5O2S. The van der Waals surface area contributed by atoms with Crippen molar-refractivity contribution >= 4 is 34.1 Å². The normalized spacial score (nSPS) is 13.9. The first-order valence-corrected chi connectivity index (χ1v) is 12.6. The number of carbonyl (C=O) groups is 2. The molecule has 0 bridgehead atoms. The molecule has 3 aromatic rings. The van der Waals surface area contributed by atoms with Gasteiger partial charge in [0, 0.05) is 42.0 Å². The van der Waals surface area contributed by atoms with Gasteiger partial charge in [0.1, 0.15) is 5.82 Å². The van der Waals surface area contributed by atoms with Crippen molar-refractivity contribution in [3.05, 3.63) is 70.9 Å². The zero-order valence-corrected chi connectivity index (χ0v) is 21.4. The lowest BCUT2D eigenvalue weighted by Gasteiger charge is -2.15. The summed E-state index contributed by atoms with van der Waals surface area (Å²) in [6.45, 7) is 5.32. The van der Waals surface area contributed by atoms with Gasteiger partial charge in [-0.15, -0.1) is 11.3 Å². The van der Waals surface area contributed by atoms with Crippen LogP contribution < -0.4 is 10.2 Å². The maximum Gasteiger partial charge on any atom is 0.251 e. The Balaban J connectivity index is 1.48. The Hall–Kier alpha value is -3.36. The number of thiazole rings is 1. The van der Waals surface area contributed by atoms with Crippen LogP contribution in [0.1, 0.15) is 35.8 Å². The Labute approximate surface area is 210 Å². The van der Waals surface area contributed by atoms with Gasteiger partial charge in [0.2, 0.25) is 5.91 Å². The van der Waals surface area contributed by atoms with Crippen molar-refractivity contribution in [2.24, 2.45) is 0 Å². The predicted octanol–water partition coefficient (Wildman–Crippen LogP) is 4.52. The summed E-state index contributed by atoms with van der Waals surface area (Å²) in [5.41, 5.74) is 3.96. The van der Waals surface area contributed by atoms with Gasteiger partial charge in [0.15, 0.2) is 5.13 Å². The predicted molar refractivity (Wildman–Crippen MR) is 142 cm³/mol. The Bertz CT molecular complexity index is 1250. The summed E-state index contributed by atoms with van der Waals surface area (Å²) >= 11 is 1.51. The third-order valence-electron chi connectivity index (χ3n) is 6.05. The van der Waals surface area contributed by atoms with Gasteiger partial charge < -0.3 is 10.2 Å². The molecule has 0 fully saturated rings. The van der Waals surface area contributed by atoms with Crippen molar-refractivity contribution in [3.63, 3.8) is 0 Å². The van der Waals surface area contributed by atoms with E-state index in [1.54, 1.807) is 23.4 Å². The molecule has 8 heteroatoms. The van der Waals surface area contributed by atoms with Crippen molar-refractivity contribution in [1.82, 2.24) is 14.9 Å². The van der Waals surface area contributed by atoms with Crippen molar-refractivity contribution in [3.8, 4) is 11.1 Å². The molecule has 0 saturated heterocycles. The fraction of sp³-hybridized carbons (Fsp3) is 0.333. The van der Waals surface area contributed by atoms with Crippen LogP contribution in [0.25, 0.3) is 11.1 Å². The van der Waals surface area contributed by atoms with Crippen LogP contribution in [0, 0.1) is 0 Å². The van der Waals surface area contributed by atoms with Crippen molar-refractivity contribution in [2.75, 3.05) is 37.4 Å². The van der Waals surface area contributed by atoms with E-state index < -0.39 is 0 Å². The molecule has 182 valence electrons. The van der Waals surface area contributed by atoms with E-state index in [1.807, 2.05) is 56.3 Å². The Morgan fingerprint density at radius 1 is 1.20 bits per heavy atom. The fourth-order valence-electron chi connectivity index (χ4n) is 3.98. The number of nitrogens with zero attached hydrogens (tertiary/aromatic N) is 4. The van der Waals surface area contributed by atoms with E-state index >= 15 is 0 Å². The van der Waals surface area contributed by atoms with Crippen LogP contribution in [0.3, 0.4) is 0 Å². The molecule has 35 heavy (non-hydrogen) atoms. The van der Waals surface area contributed by atoms with E-state index in [-0.39, 0.29) is 17.7 Å². The maximum absolute atomic E-state index is 12.8. The highest BCUT2D eigenvalue weighted by molar-refractivity contribution is 7.15. The monoisotopic (exact) mass is 489 g/mol. The van der Waals surface area contributed by atoms with Gasteiger partial charge in [-0.3, -0.25) is 14.5 Å². The number of amides is 2. The molecule has 1 N–H and O–H groups in total. The summed E-state index contributed by atoms with van der Waals surface area (Å²) in [6.07, 6.45) is 8.78. The average Bonchev–Trinajstić information content (AvgIpc) is 3.49. The van der Waals surface area contributed by atoms with Crippen LogP contribution >= 0.6 is 11.3 Å². The number of benzene rings is 1. The summed E-state index contributed by atoms with van der Waals surface area (Å²) < 4.78 is 0. The highest BCUT2D eigenvalue weighted by atomic mass is 32.1. The molecule has 2 aromatic heterocycles. The summed E-state index contributed by atoms with van der Waals surface area (Å²) in [6, 6.07) is 10.1. The first-order valence-electron chi connectivity index (χ1n) is 11.8. The van der Waals surface area contributed by atoms with Crippen LogP contribution in [-0.2, 0) is 22.4 Å². The Morgan fingerprint density at radius 3 is 2.77 bits per heavy atom. The standard InChI is InChI=1S/C27H31N5O2S/c1-5-23-17-29-27(35-23)30-26(34)18(2)19-8-6-9-20(14-19)22-15-21-11-13-32(25(21)28-16-22)24(33)10-7-12-31(3)4/h6-10,14-18H,5,11-13H2,1-4H3,(H,29,30,34)/b10-7+. The molecule has 0 spiro atoms. The van der Waals surface area contributed by atoms with Gasteiger partial charge in [-0.05, 0) is 56.6 Å². The number of hydrogen-bond acceptors (Lipinski definition) is 6. The Morgan fingerprint density at radius 2 is 2.03 bits per heavy atom. The summed E-state index contributed by atoms with van der Waals surface area (Å²) in [7, 11) is 3.93. The third kappa shape index (κ3) is 5.83. The molecule has 1 unspecified atom stereocenters. The zero-order valence-electron chi connectivity index (χ0n) is 20.6. The number of pyridine rings is 1. The number of anilines is 2. The first kappa shape index (κ1) is 24.8. The second kappa shape index (κ2) is 10.9. The maximum atomic E-state index is 12.8. The topological polar surface area (TPSA) is 78.4 Å². The van der Waals surface area contributed by atoms with Gasteiger partial charge >= 0.3 is 0 Å². The SMILES string of the molecule is CCc1cnc(NC(=O)C(C)c2cccc(-c3cnc4c(c3)CCN4C(=O)/C=C/CN(C)C)c2)s1. The zero-order chi connectivity index (χ0) is 24.9. The van der Waals surface area contributed by atoms with E-state index in [1.165, 1.54) is 11.3 Å². The van der Waals surface area contributed by atoms with E-state index in [9.17, 15) is 9.59 Å². The van der Waals surface area contributed by atoms with Crippen LogP contribution in [0.2, 0.25) is 0 Å². The molecule has 0 aliphatic carbocycles. The summed E-state index contributed by atoms with van der Waals surface area (Å²) in [5.74, 6) is 0.280. The van der Waals surface area contributed by atoms with Gasteiger partial charge in [-0.1, -0.05) is 37.3 Å². The lowest BCUT2D eigenvalue weighted by atomic mass is 9.95. The van der Waals surface area contributed by atoms with E-state index in [0.29, 0.717) is 11.7 Å². The van der Waals surface area contributed by atoms with E-state index in [0.717, 1.165) is 52.3 Å². The first-order chi connectivity index (χ1) is 16.9. The van der Waals surface area contributed by atoms with Crippen molar-refractivity contribution in [1.29, 1.82) is 0 Å². The number of nitrogens with one attached hydrogen (secondary N) is 1. The number of carbonyl (C=O) groups excluding carboxylic acids is 2. The highest BCUT2D eigenvalue weighted by Gasteiger charge is 2.25. The lowest BCUT2D eigenvalue weighted by molar-refractivity contribution is -0.117. The molecule has 1 aliphatic rings. The molecule has 4 rings (SSSR count). The van der Waals surface area contributed by atoms with Crippen LogP contribution in [-0.4, -0.2) is 53.9 Å². The van der Waals surface area contributed by atoms with E-state index in [4.69, 9.17) is 0 Å². The number of rotatable bonds is 8. The number of likely N-dealkylation sites (N-methyl/N-ethyl adjacent to an activating group) is 1. The van der Waals surface area contributed by atoms with Crippen LogP contribution in [0.4, 0.5) is 10.9 Å². The molecule has 7 nitrogen and oxygen atoms in total. The minimum absolute atomic E-state index is 0.0426. The van der Waals surface area contributed by atoms with Crippen molar-refractivity contribution in [2.45, 2.75) is 32.6 Å². The Kier molecular flexibility index (Phi) is 7.73. The summed E-state index contributed by atoms with van der Waals surface area (Å²) in [4.78, 5) is 39.2. The molecule has 0 saturated carbocycles. The fourth-order valence-corrected chi connectivity index (χ4v) is 4.73. The molecule has 1 aliphatic heterocycles. The third-order valence-corrected chi connectivity index (χ3v) is 7.10. The molecule has 3 heterocycles. The van der Waals surface area contributed by atoms with Crippen LogP contribution in [0.5, 0.6) is 0 Å². The highest BCUT2D eigenvalue weighted by Crippen LogP contribution is 2.31. The van der Waals surface area contributed by atoms with Gasteiger partial charge in [-0.25, -0.2) is 9.97 Å². The molecule has 2 amide bonds. The number of hydrogen-bond donors (Lipinski definition) is 1. The van der Waals surface area contributed by atoms with Gasteiger partial charge in [0.25, 0.3) is 5.91 Å². The lowest BCUT2D eigenvalue weighted by Crippen LogP contribution is -2.27. The quantitative estimate of drug-likeness (QED) is 0.471. The summed E-state index contributed by atoms with van der Waals surface area (Å²) in [5, 5.41) is 3.57. The van der Waals surface area contributed by atoms with Crippen LogP contribution in [0.15, 0.2) is 54.9 Å². The number of aromatic nitrogens is 2. The number of aryl methyl sites for hydroxylation is 1.